The average Bonchev–Trinajstić information content (AvgIpc) is 3.37. The minimum absolute atomic E-state index is 0.0392. The molecule has 7 heteroatoms. The number of aromatic nitrogens is 1. The molecule has 1 aliphatic heterocycles. The first-order valence-corrected chi connectivity index (χ1v) is 12.7. The largest absolute Gasteiger partial charge is 0.447 e. The number of carbonyl (C=O) groups is 2. The molecule has 0 aliphatic carbocycles. The molecule has 1 aromatic heterocycles. The van der Waals surface area contributed by atoms with Crippen molar-refractivity contribution in [2.45, 2.75) is 52.7 Å². The van der Waals surface area contributed by atoms with E-state index in [-0.39, 0.29) is 17.9 Å². The molecule has 1 fully saturated rings. The Kier molecular flexibility index (Phi) is 8.21. The Morgan fingerprint density at radius 1 is 0.889 bits per heavy atom. The quantitative estimate of drug-likeness (QED) is 0.453. The number of benzene rings is 2. The lowest BCUT2D eigenvalue weighted by molar-refractivity contribution is -0.130. The summed E-state index contributed by atoms with van der Waals surface area (Å²) in [7, 11) is 0. The van der Waals surface area contributed by atoms with Crippen molar-refractivity contribution >= 4 is 11.8 Å². The Labute approximate surface area is 213 Å². The lowest BCUT2D eigenvalue weighted by atomic mass is 10.0. The van der Waals surface area contributed by atoms with E-state index in [0.717, 1.165) is 6.54 Å². The highest BCUT2D eigenvalue weighted by Crippen LogP contribution is 2.25. The molecular formula is C29H36N4O3. The molecule has 0 spiro atoms. The van der Waals surface area contributed by atoms with E-state index in [4.69, 9.17) is 4.42 Å². The predicted octanol–water partition coefficient (Wildman–Crippen LogP) is 4.87. The van der Waals surface area contributed by atoms with Gasteiger partial charge in [-0.05, 0) is 29.5 Å². The van der Waals surface area contributed by atoms with Gasteiger partial charge in [-0.2, -0.15) is 0 Å². The molecule has 0 saturated carbocycles. The van der Waals surface area contributed by atoms with Crippen molar-refractivity contribution in [1.29, 1.82) is 0 Å². The Bertz CT molecular complexity index is 1150. The summed E-state index contributed by atoms with van der Waals surface area (Å²) in [5, 5.41) is 0. The number of piperazine rings is 1. The lowest BCUT2D eigenvalue weighted by Crippen LogP contribution is -2.50. The summed E-state index contributed by atoms with van der Waals surface area (Å²) < 4.78 is 5.78. The van der Waals surface area contributed by atoms with Crippen molar-refractivity contribution in [3.05, 3.63) is 89.1 Å². The summed E-state index contributed by atoms with van der Waals surface area (Å²) in [6, 6.07) is 19.3. The molecular weight excluding hydrogens is 452 g/mol. The fraction of sp³-hybridized carbons (Fsp3) is 0.414. The first-order valence-electron chi connectivity index (χ1n) is 12.7. The summed E-state index contributed by atoms with van der Waals surface area (Å²) >= 11 is 0. The maximum absolute atomic E-state index is 13.0. The predicted molar refractivity (Wildman–Crippen MR) is 139 cm³/mol. The number of nitrogens with zero attached hydrogens (tertiary/aromatic N) is 4. The number of hydrogen-bond acceptors (Lipinski definition) is 5. The maximum Gasteiger partial charge on any atom is 0.275 e. The van der Waals surface area contributed by atoms with E-state index in [1.807, 2.05) is 6.07 Å². The highest BCUT2D eigenvalue weighted by Gasteiger charge is 2.26. The molecule has 3 aromatic rings. The van der Waals surface area contributed by atoms with Crippen LogP contribution in [-0.4, -0.2) is 57.7 Å². The van der Waals surface area contributed by atoms with Crippen molar-refractivity contribution in [3.63, 3.8) is 0 Å². The van der Waals surface area contributed by atoms with Crippen molar-refractivity contribution in [2.24, 2.45) is 0 Å². The van der Waals surface area contributed by atoms with Gasteiger partial charge in [-0.1, -0.05) is 68.4 Å². The highest BCUT2D eigenvalue weighted by molar-refractivity contribution is 5.92. The van der Waals surface area contributed by atoms with Gasteiger partial charge in [0.1, 0.15) is 6.26 Å². The normalized spacial score (nSPS) is 14.9. The van der Waals surface area contributed by atoms with Crippen LogP contribution in [0.1, 0.15) is 72.7 Å². The third kappa shape index (κ3) is 6.21. The average molecular weight is 489 g/mol. The number of carbonyl (C=O) groups excluding carboxylic acids is 2. The number of amides is 2. The first kappa shape index (κ1) is 25.6. The van der Waals surface area contributed by atoms with Crippen molar-refractivity contribution in [2.75, 3.05) is 26.2 Å². The summed E-state index contributed by atoms with van der Waals surface area (Å²) in [6.45, 7) is 11.4. The summed E-state index contributed by atoms with van der Waals surface area (Å²) in [5.41, 5.74) is 4.06. The Morgan fingerprint density at radius 2 is 1.53 bits per heavy atom. The molecule has 4 rings (SSSR count). The first-order chi connectivity index (χ1) is 17.3. The van der Waals surface area contributed by atoms with Crippen LogP contribution in [0, 0.1) is 0 Å². The topological polar surface area (TPSA) is 69.9 Å². The molecule has 1 saturated heterocycles. The molecule has 0 unspecified atom stereocenters. The van der Waals surface area contributed by atoms with E-state index in [9.17, 15) is 9.59 Å². The van der Waals surface area contributed by atoms with E-state index >= 15 is 0 Å². The molecule has 1 atom stereocenters. The Morgan fingerprint density at radius 3 is 2.14 bits per heavy atom. The van der Waals surface area contributed by atoms with Crippen LogP contribution in [-0.2, 0) is 17.9 Å². The van der Waals surface area contributed by atoms with E-state index < -0.39 is 0 Å². The molecule has 2 aromatic carbocycles. The van der Waals surface area contributed by atoms with E-state index in [0.29, 0.717) is 50.2 Å². The molecule has 1 aliphatic rings. The molecule has 2 heterocycles. The van der Waals surface area contributed by atoms with Gasteiger partial charge in [0.2, 0.25) is 11.8 Å². The van der Waals surface area contributed by atoms with Crippen molar-refractivity contribution in [3.8, 4) is 0 Å². The van der Waals surface area contributed by atoms with E-state index in [1.54, 1.807) is 16.7 Å². The van der Waals surface area contributed by atoms with Crippen LogP contribution < -0.4 is 0 Å². The fourth-order valence-electron chi connectivity index (χ4n) is 4.56. The van der Waals surface area contributed by atoms with Crippen molar-refractivity contribution in [1.82, 2.24) is 19.7 Å². The van der Waals surface area contributed by atoms with Crippen LogP contribution in [0.2, 0.25) is 0 Å². The van der Waals surface area contributed by atoms with Crippen LogP contribution in [0.25, 0.3) is 0 Å². The monoisotopic (exact) mass is 488 g/mol. The zero-order chi connectivity index (χ0) is 25.7. The van der Waals surface area contributed by atoms with E-state index in [2.05, 4.69) is 79.2 Å². The minimum atomic E-state index is -0.153. The molecule has 0 radical (unpaired) electrons. The number of hydrogen-bond donors (Lipinski definition) is 0. The van der Waals surface area contributed by atoms with Gasteiger partial charge >= 0.3 is 0 Å². The smallest absolute Gasteiger partial charge is 0.275 e. The van der Waals surface area contributed by atoms with Gasteiger partial charge in [-0.25, -0.2) is 4.98 Å². The van der Waals surface area contributed by atoms with Gasteiger partial charge < -0.3 is 14.2 Å². The van der Waals surface area contributed by atoms with Crippen LogP contribution >= 0.6 is 0 Å². The second kappa shape index (κ2) is 11.5. The second-order valence-corrected chi connectivity index (χ2v) is 9.81. The maximum atomic E-state index is 13.0. The lowest BCUT2D eigenvalue weighted by Gasteiger charge is -2.33. The third-order valence-electron chi connectivity index (χ3n) is 6.98. The van der Waals surface area contributed by atoms with Gasteiger partial charge in [0.25, 0.3) is 5.91 Å². The van der Waals surface area contributed by atoms with Crippen LogP contribution in [0.15, 0.2) is 65.3 Å². The van der Waals surface area contributed by atoms with Gasteiger partial charge in [-0.15, -0.1) is 0 Å². The standard InChI is InChI=1S/C29H36N4O3/c1-21(2)25-12-10-24(11-13-25)18-33(22(3)26-8-6-5-7-9-26)19-28-30-27(20-36-28)29(35)32-16-14-31(15-17-32)23(4)34/h5-13,20-22H,14-19H2,1-4H3/t22-/m1/s1. The number of oxazole rings is 1. The SMILES string of the molecule is CC(=O)N1CCN(C(=O)c2coc(CN(Cc3ccc(C(C)C)cc3)[C@H](C)c3ccccc3)n2)CC1. The Hall–Kier alpha value is -3.45. The summed E-state index contributed by atoms with van der Waals surface area (Å²) in [4.78, 5) is 34.9. The minimum Gasteiger partial charge on any atom is -0.447 e. The van der Waals surface area contributed by atoms with Crippen LogP contribution in [0.4, 0.5) is 0 Å². The molecule has 190 valence electrons. The molecule has 7 nitrogen and oxygen atoms in total. The molecule has 2 amide bonds. The van der Waals surface area contributed by atoms with Gasteiger partial charge in [0, 0.05) is 45.7 Å². The number of rotatable bonds is 8. The van der Waals surface area contributed by atoms with Crippen LogP contribution in [0.3, 0.4) is 0 Å². The Balaban J connectivity index is 1.48. The fourth-order valence-corrected chi connectivity index (χ4v) is 4.56. The van der Waals surface area contributed by atoms with Gasteiger partial charge in [-0.3, -0.25) is 14.5 Å². The van der Waals surface area contributed by atoms with Crippen LogP contribution in [0.5, 0.6) is 0 Å². The summed E-state index contributed by atoms with van der Waals surface area (Å²) in [5.74, 6) is 0.895. The van der Waals surface area contributed by atoms with E-state index in [1.165, 1.54) is 23.0 Å². The van der Waals surface area contributed by atoms with Crippen molar-refractivity contribution < 1.29 is 14.0 Å². The highest BCUT2D eigenvalue weighted by atomic mass is 16.3. The molecule has 36 heavy (non-hydrogen) atoms. The zero-order valence-corrected chi connectivity index (χ0v) is 21.7. The summed E-state index contributed by atoms with van der Waals surface area (Å²) in [6.07, 6.45) is 1.46. The van der Waals surface area contributed by atoms with Gasteiger partial charge in [0.05, 0.1) is 6.54 Å². The molecule has 0 N–H and O–H groups in total. The molecule has 0 bridgehead atoms. The third-order valence-corrected chi connectivity index (χ3v) is 6.98. The zero-order valence-electron chi connectivity index (χ0n) is 21.7. The van der Waals surface area contributed by atoms with Gasteiger partial charge in [0.15, 0.2) is 5.69 Å². The second-order valence-electron chi connectivity index (χ2n) is 9.81.